The minimum Gasteiger partial charge on any atom is -0.497 e. The predicted molar refractivity (Wildman–Crippen MR) is 129 cm³/mol. The molecule has 1 amide bonds. The van der Waals surface area contributed by atoms with Crippen molar-refractivity contribution in [3.63, 3.8) is 0 Å². The SMILES string of the molecule is COc1ccc(CNc2nccc3c2c(Br)nn3C2CN(C(=O)OC(C)(C)C)C2)c(OC)c1. The third-order valence-corrected chi connectivity index (χ3v) is 5.93. The molecule has 3 aromatic rings. The first kappa shape index (κ1) is 23.2. The number of methoxy groups -OCH3 is 2. The number of benzene rings is 1. The van der Waals surface area contributed by atoms with E-state index in [0.29, 0.717) is 30.1 Å². The number of pyridine rings is 1. The molecule has 33 heavy (non-hydrogen) atoms. The van der Waals surface area contributed by atoms with Crippen LogP contribution >= 0.6 is 15.9 Å². The fourth-order valence-corrected chi connectivity index (χ4v) is 4.28. The molecule has 2 aromatic heterocycles. The van der Waals surface area contributed by atoms with E-state index in [2.05, 4.69) is 31.3 Å². The maximum absolute atomic E-state index is 12.3. The molecule has 1 saturated heterocycles. The van der Waals surface area contributed by atoms with Crippen molar-refractivity contribution in [2.75, 3.05) is 32.6 Å². The molecule has 4 rings (SSSR count). The second-order valence-corrected chi connectivity index (χ2v) is 9.61. The van der Waals surface area contributed by atoms with Gasteiger partial charge in [-0.3, -0.25) is 4.68 Å². The first-order chi connectivity index (χ1) is 15.7. The van der Waals surface area contributed by atoms with Crippen LogP contribution in [0.4, 0.5) is 10.6 Å². The van der Waals surface area contributed by atoms with Crippen LogP contribution in [-0.2, 0) is 11.3 Å². The summed E-state index contributed by atoms with van der Waals surface area (Å²) in [4.78, 5) is 18.5. The fraction of sp³-hybridized carbons (Fsp3) is 0.435. The van der Waals surface area contributed by atoms with Gasteiger partial charge in [-0.15, -0.1) is 0 Å². The molecule has 1 aliphatic rings. The van der Waals surface area contributed by atoms with Crippen LogP contribution in [0.5, 0.6) is 11.5 Å². The first-order valence-electron chi connectivity index (χ1n) is 10.7. The molecule has 0 spiro atoms. The molecular formula is C23H28BrN5O4. The van der Waals surface area contributed by atoms with Crippen molar-refractivity contribution < 1.29 is 19.0 Å². The van der Waals surface area contributed by atoms with Gasteiger partial charge in [0.15, 0.2) is 0 Å². The number of nitrogens with one attached hydrogen (secondary N) is 1. The molecule has 0 radical (unpaired) electrons. The second kappa shape index (κ2) is 9.09. The van der Waals surface area contributed by atoms with Crippen molar-refractivity contribution in [2.45, 2.75) is 39.0 Å². The summed E-state index contributed by atoms with van der Waals surface area (Å²) in [5, 5.41) is 8.97. The molecule has 9 nitrogen and oxygen atoms in total. The van der Waals surface area contributed by atoms with Crippen LogP contribution < -0.4 is 14.8 Å². The molecule has 0 aliphatic carbocycles. The Morgan fingerprint density at radius 1 is 1.21 bits per heavy atom. The van der Waals surface area contributed by atoms with Crippen LogP contribution in [0, 0.1) is 0 Å². The van der Waals surface area contributed by atoms with Gasteiger partial charge < -0.3 is 24.4 Å². The van der Waals surface area contributed by atoms with E-state index in [4.69, 9.17) is 14.2 Å². The van der Waals surface area contributed by atoms with E-state index in [0.717, 1.165) is 28.0 Å². The summed E-state index contributed by atoms with van der Waals surface area (Å²) >= 11 is 3.59. The van der Waals surface area contributed by atoms with E-state index in [1.807, 2.05) is 49.7 Å². The minimum absolute atomic E-state index is 0.0725. The number of hydrogen-bond acceptors (Lipinski definition) is 7. The second-order valence-electron chi connectivity index (χ2n) is 8.86. The van der Waals surface area contributed by atoms with Crippen LogP contribution in [0.2, 0.25) is 0 Å². The number of nitrogens with zero attached hydrogens (tertiary/aromatic N) is 4. The zero-order valence-corrected chi connectivity index (χ0v) is 21.0. The van der Waals surface area contributed by atoms with Crippen LogP contribution in [0.25, 0.3) is 10.9 Å². The maximum Gasteiger partial charge on any atom is 0.410 e. The number of likely N-dealkylation sites (tertiary alicyclic amines) is 1. The van der Waals surface area contributed by atoms with E-state index in [9.17, 15) is 4.79 Å². The number of hydrogen-bond donors (Lipinski definition) is 1. The number of halogens is 1. The van der Waals surface area contributed by atoms with Gasteiger partial charge in [0.25, 0.3) is 0 Å². The molecule has 1 fully saturated rings. The number of aromatic nitrogens is 3. The summed E-state index contributed by atoms with van der Waals surface area (Å²) in [6.07, 6.45) is 1.46. The molecule has 0 atom stereocenters. The van der Waals surface area contributed by atoms with Crippen molar-refractivity contribution in [3.05, 3.63) is 40.6 Å². The Morgan fingerprint density at radius 2 is 1.97 bits per heavy atom. The number of fused-ring (bicyclic) bond motifs is 1. The number of carbonyl (C=O) groups is 1. The van der Waals surface area contributed by atoms with Gasteiger partial charge in [0.1, 0.15) is 27.5 Å². The van der Waals surface area contributed by atoms with Crippen molar-refractivity contribution in [1.82, 2.24) is 19.7 Å². The highest BCUT2D eigenvalue weighted by Crippen LogP contribution is 2.34. The van der Waals surface area contributed by atoms with Gasteiger partial charge in [0, 0.05) is 37.5 Å². The Kier molecular flexibility index (Phi) is 6.38. The van der Waals surface area contributed by atoms with E-state index in [1.54, 1.807) is 25.3 Å². The Balaban J connectivity index is 1.51. The number of rotatable bonds is 6. The molecule has 1 aromatic carbocycles. The molecule has 1 N–H and O–H groups in total. The van der Waals surface area contributed by atoms with Gasteiger partial charge in [0.2, 0.25) is 0 Å². The van der Waals surface area contributed by atoms with Crippen molar-refractivity contribution in [1.29, 1.82) is 0 Å². The lowest BCUT2D eigenvalue weighted by Gasteiger charge is -2.39. The molecule has 3 heterocycles. The summed E-state index contributed by atoms with van der Waals surface area (Å²) in [6, 6.07) is 7.72. The molecule has 0 saturated carbocycles. The van der Waals surface area contributed by atoms with E-state index in [-0.39, 0.29) is 12.1 Å². The molecule has 1 aliphatic heterocycles. The molecule has 0 unspecified atom stereocenters. The van der Waals surface area contributed by atoms with E-state index >= 15 is 0 Å². The smallest absolute Gasteiger partial charge is 0.410 e. The third kappa shape index (κ3) is 4.85. The summed E-state index contributed by atoms with van der Waals surface area (Å²) in [7, 11) is 3.26. The van der Waals surface area contributed by atoms with E-state index in [1.165, 1.54) is 0 Å². The number of anilines is 1. The molecule has 0 bridgehead atoms. The lowest BCUT2D eigenvalue weighted by Crippen LogP contribution is -2.52. The van der Waals surface area contributed by atoms with Gasteiger partial charge in [-0.25, -0.2) is 9.78 Å². The minimum atomic E-state index is -0.512. The normalized spacial score (nSPS) is 14.2. The van der Waals surface area contributed by atoms with Crippen LogP contribution in [0.15, 0.2) is 35.1 Å². The summed E-state index contributed by atoms with van der Waals surface area (Å²) in [5.41, 5.74) is 1.41. The Morgan fingerprint density at radius 3 is 2.64 bits per heavy atom. The van der Waals surface area contributed by atoms with Gasteiger partial charge in [-0.2, -0.15) is 5.10 Å². The van der Waals surface area contributed by atoms with Crippen LogP contribution in [0.1, 0.15) is 32.4 Å². The summed E-state index contributed by atoms with van der Waals surface area (Å²) < 4.78 is 18.9. The quantitative estimate of drug-likeness (QED) is 0.510. The first-order valence-corrected chi connectivity index (χ1v) is 11.4. The standard InChI is InChI=1S/C23H28BrN5O4/c1-23(2,3)33-22(30)28-12-15(13-28)29-17-8-9-25-21(19(17)20(24)27-29)26-11-14-6-7-16(31-4)10-18(14)32-5/h6-10,15H,11-13H2,1-5H3,(H,25,26). The van der Waals surface area contributed by atoms with Crippen LogP contribution in [0.3, 0.4) is 0 Å². The van der Waals surface area contributed by atoms with Crippen molar-refractivity contribution in [3.8, 4) is 11.5 Å². The highest BCUT2D eigenvalue weighted by Gasteiger charge is 2.36. The Hall–Kier alpha value is -3.01. The molecule has 10 heteroatoms. The van der Waals surface area contributed by atoms with E-state index < -0.39 is 5.60 Å². The van der Waals surface area contributed by atoms with Gasteiger partial charge >= 0.3 is 6.09 Å². The maximum atomic E-state index is 12.3. The monoisotopic (exact) mass is 517 g/mol. The average molecular weight is 518 g/mol. The number of ether oxygens (including phenoxy) is 3. The highest BCUT2D eigenvalue weighted by atomic mass is 79.9. The fourth-order valence-electron chi connectivity index (χ4n) is 3.72. The van der Waals surface area contributed by atoms with Gasteiger partial charge in [-0.1, -0.05) is 0 Å². The number of carbonyl (C=O) groups excluding carboxylic acids is 1. The predicted octanol–water partition coefficient (Wildman–Crippen LogP) is 4.61. The summed E-state index contributed by atoms with van der Waals surface area (Å²) in [6.45, 7) is 7.21. The summed E-state index contributed by atoms with van der Waals surface area (Å²) in [5.74, 6) is 2.19. The lowest BCUT2D eigenvalue weighted by atomic mass is 10.1. The van der Waals surface area contributed by atoms with Gasteiger partial charge in [0.05, 0.1) is 31.2 Å². The van der Waals surface area contributed by atoms with Gasteiger partial charge in [-0.05, 0) is 54.9 Å². The zero-order chi connectivity index (χ0) is 23.8. The molecule has 176 valence electrons. The zero-order valence-electron chi connectivity index (χ0n) is 19.4. The molecular weight excluding hydrogens is 490 g/mol. The van der Waals surface area contributed by atoms with Crippen molar-refractivity contribution in [2.24, 2.45) is 0 Å². The van der Waals surface area contributed by atoms with Crippen LogP contribution in [-0.4, -0.2) is 58.7 Å². The number of amides is 1. The largest absolute Gasteiger partial charge is 0.497 e. The lowest BCUT2D eigenvalue weighted by molar-refractivity contribution is 0.000122. The third-order valence-electron chi connectivity index (χ3n) is 5.38. The Bertz CT molecular complexity index is 1170. The van der Waals surface area contributed by atoms with Crippen molar-refractivity contribution >= 4 is 38.7 Å². The Labute approximate surface area is 201 Å². The average Bonchev–Trinajstić information content (AvgIpc) is 3.06. The topological polar surface area (TPSA) is 90.7 Å². The highest BCUT2D eigenvalue weighted by molar-refractivity contribution is 9.10.